The van der Waals surface area contributed by atoms with Crippen LogP contribution in [0.4, 0.5) is 4.39 Å². The lowest BCUT2D eigenvalue weighted by Gasteiger charge is -2.22. The fourth-order valence-electron chi connectivity index (χ4n) is 2.97. The van der Waals surface area contributed by atoms with E-state index in [0.717, 1.165) is 17.0 Å². The second kappa shape index (κ2) is 6.70. The first-order valence-electron chi connectivity index (χ1n) is 7.69. The molecule has 1 atom stereocenters. The summed E-state index contributed by atoms with van der Waals surface area (Å²) in [6.07, 6.45) is 1.65. The van der Waals surface area contributed by atoms with Crippen LogP contribution in [0, 0.1) is 11.7 Å². The Morgan fingerprint density at radius 2 is 1.84 bits per heavy atom. The third-order valence-corrected chi connectivity index (χ3v) is 6.44. The van der Waals surface area contributed by atoms with Gasteiger partial charge in [0.05, 0.1) is 11.4 Å². The van der Waals surface area contributed by atoms with Crippen molar-refractivity contribution in [3.05, 3.63) is 65.0 Å². The zero-order valence-electron chi connectivity index (χ0n) is 13.8. The van der Waals surface area contributed by atoms with Gasteiger partial charge in [0.15, 0.2) is 0 Å². The molecule has 0 aliphatic carbocycles. The summed E-state index contributed by atoms with van der Waals surface area (Å²) >= 11 is 1.11. The number of rotatable bonds is 5. The van der Waals surface area contributed by atoms with E-state index in [1.807, 2.05) is 19.9 Å². The van der Waals surface area contributed by atoms with Gasteiger partial charge in [0.1, 0.15) is 10.0 Å². The Balaban J connectivity index is 2.15. The van der Waals surface area contributed by atoms with Gasteiger partial charge in [-0.3, -0.25) is 0 Å². The Hall–Kier alpha value is -2.03. The van der Waals surface area contributed by atoms with Crippen molar-refractivity contribution in [2.24, 2.45) is 11.1 Å². The van der Waals surface area contributed by atoms with E-state index in [9.17, 15) is 12.8 Å². The molecule has 0 aliphatic heterocycles. The van der Waals surface area contributed by atoms with Gasteiger partial charge in [-0.25, -0.2) is 22.6 Å². The van der Waals surface area contributed by atoms with Crippen molar-refractivity contribution in [2.45, 2.75) is 24.0 Å². The predicted octanol–water partition coefficient (Wildman–Crippen LogP) is 3.51. The minimum absolute atomic E-state index is 0.103. The molecule has 8 heteroatoms. The van der Waals surface area contributed by atoms with E-state index in [1.165, 1.54) is 12.1 Å². The zero-order chi connectivity index (χ0) is 18.2. The van der Waals surface area contributed by atoms with Crippen molar-refractivity contribution in [1.29, 1.82) is 0 Å². The van der Waals surface area contributed by atoms with Crippen LogP contribution in [0.5, 0.6) is 0 Å². The van der Waals surface area contributed by atoms with Crippen molar-refractivity contribution < 1.29 is 12.8 Å². The largest absolute Gasteiger partial charge is 0.247 e. The number of sulfonamides is 1. The molecule has 1 aromatic carbocycles. The summed E-state index contributed by atoms with van der Waals surface area (Å²) in [5, 5.41) is 11.4. The average Bonchev–Trinajstić information content (AvgIpc) is 3.17. The van der Waals surface area contributed by atoms with E-state index in [2.05, 4.69) is 5.10 Å². The molecular weight excluding hydrogens is 361 g/mol. The molecule has 3 aromatic rings. The Morgan fingerprint density at radius 1 is 1.16 bits per heavy atom. The summed E-state index contributed by atoms with van der Waals surface area (Å²) < 4.78 is 38.9. The first-order valence-corrected chi connectivity index (χ1v) is 10.1. The quantitative estimate of drug-likeness (QED) is 0.737. The molecule has 0 unspecified atom stereocenters. The summed E-state index contributed by atoms with van der Waals surface area (Å²) in [5.74, 6) is -0.440. The zero-order valence-corrected chi connectivity index (χ0v) is 15.4. The van der Waals surface area contributed by atoms with Gasteiger partial charge in [-0.2, -0.15) is 5.10 Å². The standard InChI is InChI=1S/C17H18FN3O2S2/c1-11(2)16(14-8-10-24-17(14)25(19,22)23)15-7-9-20-21(15)13-5-3-12(18)4-6-13/h3-11,16H,1-2H3,(H2,19,22,23)/t16-/m1/s1. The van der Waals surface area contributed by atoms with Gasteiger partial charge in [-0.15, -0.1) is 11.3 Å². The number of thiophene rings is 1. The van der Waals surface area contributed by atoms with Gasteiger partial charge >= 0.3 is 0 Å². The monoisotopic (exact) mass is 379 g/mol. The van der Waals surface area contributed by atoms with Crippen molar-refractivity contribution in [3.8, 4) is 5.69 Å². The summed E-state index contributed by atoms with van der Waals surface area (Å²) in [5.41, 5.74) is 2.19. The number of benzene rings is 1. The molecule has 0 bridgehead atoms. The van der Waals surface area contributed by atoms with Crippen LogP contribution in [0.2, 0.25) is 0 Å². The topological polar surface area (TPSA) is 78.0 Å². The lowest BCUT2D eigenvalue weighted by molar-refractivity contribution is 0.531. The number of hydrogen-bond donors (Lipinski definition) is 1. The second-order valence-corrected chi connectivity index (χ2v) is 8.75. The second-order valence-electron chi connectivity index (χ2n) is 6.07. The van der Waals surface area contributed by atoms with Crippen LogP contribution in [0.25, 0.3) is 5.69 Å². The average molecular weight is 379 g/mol. The molecule has 2 N–H and O–H groups in total. The van der Waals surface area contributed by atoms with Crippen molar-refractivity contribution in [3.63, 3.8) is 0 Å². The molecule has 0 radical (unpaired) electrons. The van der Waals surface area contributed by atoms with E-state index in [-0.39, 0.29) is 21.9 Å². The number of nitrogens with two attached hydrogens (primary N) is 1. The summed E-state index contributed by atoms with van der Waals surface area (Å²) in [6, 6.07) is 9.64. The maximum Gasteiger partial charge on any atom is 0.247 e. The molecule has 0 saturated carbocycles. The number of primary sulfonamides is 1. The van der Waals surface area contributed by atoms with Gasteiger partial charge in [0, 0.05) is 12.1 Å². The lowest BCUT2D eigenvalue weighted by Crippen LogP contribution is -2.18. The predicted molar refractivity (Wildman–Crippen MR) is 95.9 cm³/mol. The molecule has 25 heavy (non-hydrogen) atoms. The molecule has 5 nitrogen and oxygen atoms in total. The molecule has 0 fully saturated rings. The molecule has 0 saturated heterocycles. The molecule has 0 amide bonds. The maximum atomic E-state index is 13.2. The van der Waals surface area contributed by atoms with Gasteiger partial charge in [-0.1, -0.05) is 13.8 Å². The van der Waals surface area contributed by atoms with Crippen molar-refractivity contribution >= 4 is 21.4 Å². The lowest BCUT2D eigenvalue weighted by atomic mass is 9.87. The van der Waals surface area contributed by atoms with Crippen LogP contribution in [-0.2, 0) is 10.0 Å². The van der Waals surface area contributed by atoms with E-state index in [4.69, 9.17) is 5.14 Å². The normalized spacial score (nSPS) is 13.3. The van der Waals surface area contributed by atoms with Crippen molar-refractivity contribution in [2.75, 3.05) is 0 Å². The van der Waals surface area contributed by atoms with Gasteiger partial charge in [0.25, 0.3) is 0 Å². The Kier molecular flexibility index (Phi) is 4.77. The summed E-state index contributed by atoms with van der Waals surface area (Å²) in [7, 11) is -3.80. The van der Waals surface area contributed by atoms with E-state index >= 15 is 0 Å². The first-order chi connectivity index (χ1) is 11.8. The summed E-state index contributed by atoms with van der Waals surface area (Å²) in [6.45, 7) is 4.02. The minimum Gasteiger partial charge on any atom is -0.237 e. The fourth-order valence-corrected chi connectivity index (χ4v) is 4.87. The van der Waals surface area contributed by atoms with Crippen molar-refractivity contribution in [1.82, 2.24) is 9.78 Å². The highest BCUT2D eigenvalue weighted by molar-refractivity contribution is 7.91. The number of halogens is 1. The van der Waals surface area contributed by atoms with Gasteiger partial charge in [-0.05, 0) is 53.3 Å². The Labute approximate surface area is 150 Å². The van der Waals surface area contributed by atoms with Crippen LogP contribution in [0.1, 0.15) is 31.0 Å². The fraction of sp³-hybridized carbons (Fsp3) is 0.235. The molecule has 2 heterocycles. The summed E-state index contributed by atoms with van der Waals surface area (Å²) in [4.78, 5) is 0. The van der Waals surface area contributed by atoms with Crippen LogP contribution in [-0.4, -0.2) is 18.2 Å². The van der Waals surface area contributed by atoms with E-state index < -0.39 is 10.0 Å². The highest BCUT2D eigenvalue weighted by Crippen LogP contribution is 2.38. The van der Waals surface area contributed by atoms with Crippen LogP contribution >= 0.6 is 11.3 Å². The van der Waals surface area contributed by atoms with Crippen LogP contribution < -0.4 is 5.14 Å². The Bertz CT molecular complexity index is 976. The van der Waals surface area contributed by atoms with E-state index in [1.54, 1.807) is 34.5 Å². The first kappa shape index (κ1) is 17.8. The number of nitrogens with zero attached hydrogens (tertiary/aromatic N) is 2. The molecule has 132 valence electrons. The highest BCUT2D eigenvalue weighted by Gasteiger charge is 2.29. The minimum atomic E-state index is -3.80. The molecular formula is C17H18FN3O2S2. The Morgan fingerprint density at radius 3 is 2.44 bits per heavy atom. The van der Waals surface area contributed by atoms with Crippen LogP contribution in [0.15, 0.2) is 52.2 Å². The number of hydrogen-bond acceptors (Lipinski definition) is 4. The molecule has 0 aliphatic rings. The third-order valence-electron chi connectivity index (χ3n) is 3.98. The number of aromatic nitrogens is 2. The highest BCUT2D eigenvalue weighted by atomic mass is 32.2. The van der Waals surface area contributed by atoms with Gasteiger partial charge in [0.2, 0.25) is 10.0 Å². The molecule has 2 aromatic heterocycles. The maximum absolute atomic E-state index is 13.2. The molecule has 0 spiro atoms. The van der Waals surface area contributed by atoms with E-state index in [0.29, 0.717) is 11.3 Å². The molecule has 3 rings (SSSR count). The van der Waals surface area contributed by atoms with Crippen LogP contribution in [0.3, 0.4) is 0 Å². The van der Waals surface area contributed by atoms with Gasteiger partial charge < -0.3 is 0 Å². The SMILES string of the molecule is CC(C)[C@H](c1ccsc1S(N)(=O)=O)c1ccnn1-c1ccc(F)cc1. The smallest absolute Gasteiger partial charge is 0.237 e. The third kappa shape index (κ3) is 3.51.